The zero-order valence-corrected chi connectivity index (χ0v) is 21.8. The molecule has 2 aromatic carbocycles. The number of benzene rings is 2. The molecule has 0 bridgehead atoms. The van der Waals surface area contributed by atoms with Gasteiger partial charge in [0, 0.05) is 30.1 Å². The van der Waals surface area contributed by atoms with Crippen LogP contribution in [0.5, 0.6) is 11.5 Å². The van der Waals surface area contributed by atoms with Gasteiger partial charge in [0.1, 0.15) is 24.5 Å². The Morgan fingerprint density at radius 3 is 2.68 bits per heavy atom. The minimum atomic E-state index is -0.449. The average Bonchev–Trinajstić information content (AvgIpc) is 3.68. The first-order valence-corrected chi connectivity index (χ1v) is 12.6. The van der Waals surface area contributed by atoms with Gasteiger partial charge in [-0.2, -0.15) is 0 Å². The molecule has 0 amide bonds. The van der Waals surface area contributed by atoms with Gasteiger partial charge in [-0.3, -0.25) is 15.1 Å². The Hall–Kier alpha value is -4.02. The molecule has 0 aliphatic heterocycles. The molecule has 38 heavy (non-hydrogen) atoms. The Balaban J connectivity index is 1.31. The van der Waals surface area contributed by atoms with E-state index >= 15 is 0 Å². The summed E-state index contributed by atoms with van der Waals surface area (Å²) in [7, 11) is 4.12. The molecule has 0 spiro atoms. The minimum absolute atomic E-state index is 0.133. The number of hydrogen-bond acceptors (Lipinski definition) is 9. The van der Waals surface area contributed by atoms with E-state index in [2.05, 4.69) is 39.3 Å². The Morgan fingerprint density at radius 1 is 1.11 bits per heavy atom. The average molecular weight is 535 g/mol. The lowest BCUT2D eigenvalue weighted by Gasteiger charge is -2.13. The zero-order valence-electron chi connectivity index (χ0n) is 21.0. The van der Waals surface area contributed by atoms with Crippen molar-refractivity contribution in [3.63, 3.8) is 0 Å². The van der Waals surface area contributed by atoms with Crippen molar-refractivity contribution in [2.75, 3.05) is 26.0 Å². The lowest BCUT2D eigenvalue weighted by Crippen LogP contribution is -2.16. The number of rotatable bonds is 11. The predicted octanol–water partition coefficient (Wildman–Crippen LogP) is 5.63. The van der Waals surface area contributed by atoms with Crippen molar-refractivity contribution in [1.82, 2.24) is 19.9 Å². The summed E-state index contributed by atoms with van der Waals surface area (Å²) in [5, 5.41) is 15.9. The van der Waals surface area contributed by atoms with E-state index in [0.717, 1.165) is 18.5 Å². The third-order valence-corrected chi connectivity index (χ3v) is 6.80. The van der Waals surface area contributed by atoms with Crippen molar-refractivity contribution < 1.29 is 14.4 Å². The molecule has 11 heteroatoms. The Bertz CT molecular complexity index is 1450. The maximum Gasteiger partial charge on any atom is 0.311 e. The van der Waals surface area contributed by atoms with Crippen molar-refractivity contribution in [2.45, 2.75) is 25.5 Å². The van der Waals surface area contributed by atoms with Gasteiger partial charge in [0.15, 0.2) is 5.75 Å². The summed E-state index contributed by atoms with van der Waals surface area (Å²) < 4.78 is 11.6. The van der Waals surface area contributed by atoms with Crippen molar-refractivity contribution in [3.05, 3.63) is 81.9 Å². The van der Waals surface area contributed by atoms with Crippen molar-refractivity contribution in [3.8, 4) is 11.5 Å². The fourth-order valence-corrected chi connectivity index (χ4v) is 4.63. The molecule has 1 aliphatic rings. The summed E-state index contributed by atoms with van der Waals surface area (Å²) in [6, 6.07) is 14.4. The summed E-state index contributed by atoms with van der Waals surface area (Å²) in [4.78, 5) is 26.5. The monoisotopic (exact) mass is 534 g/mol. The van der Waals surface area contributed by atoms with E-state index in [1.807, 2.05) is 18.2 Å². The van der Waals surface area contributed by atoms with Crippen LogP contribution in [0.25, 0.3) is 10.9 Å². The van der Waals surface area contributed by atoms with Gasteiger partial charge < -0.3 is 19.7 Å². The number of nitro benzene ring substituents is 1. The number of anilines is 2. The molecule has 1 saturated carbocycles. The minimum Gasteiger partial charge on any atom is -0.487 e. The molecular weight excluding hydrogens is 508 g/mol. The number of nitrogens with one attached hydrogen (secondary N) is 1. The maximum atomic E-state index is 11.9. The van der Waals surface area contributed by atoms with Gasteiger partial charge in [0.05, 0.1) is 33.1 Å². The molecule has 10 nitrogen and oxygen atoms in total. The van der Waals surface area contributed by atoms with Crippen LogP contribution in [-0.2, 0) is 6.61 Å². The summed E-state index contributed by atoms with van der Waals surface area (Å²) in [6.07, 6.45) is 5.07. The van der Waals surface area contributed by atoms with E-state index in [4.69, 9.17) is 21.1 Å². The summed E-state index contributed by atoms with van der Waals surface area (Å²) in [6.45, 7) is 0.694. The molecule has 2 atom stereocenters. The number of hydrogen-bond donors (Lipinski definition) is 1. The first kappa shape index (κ1) is 25.6. The van der Waals surface area contributed by atoms with Crippen LogP contribution in [0.3, 0.4) is 0 Å². The highest BCUT2D eigenvalue weighted by Gasteiger charge is 2.38. The standard InChI is InChI=1S/C27H27ClN6O4/c1-33(2)23-11-17(23)8-10-37-26-14-22-20(13-24(26)34(35)36)27(31-16-30-22)32-18-6-7-25(21(28)12-18)38-15-19-5-3-4-9-29-19/h3-7,9,12-14,16-17,23H,8,10-11,15H2,1-2H3,(H,30,31,32). The van der Waals surface area contributed by atoms with Crippen molar-refractivity contribution >= 4 is 39.7 Å². The second-order valence-electron chi connectivity index (χ2n) is 9.36. The third-order valence-electron chi connectivity index (χ3n) is 6.50. The molecule has 1 aliphatic carbocycles. The van der Waals surface area contributed by atoms with Crippen LogP contribution >= 0.6 is 11.6 Å². The molecule has 0 saturated heterocycles. The normalized spacial score (nSPS) is 16.4. The van der Waals surface area contributed by atoms with Gasteiger partial charge >= 0.3 is 5.69 Å². The first-order chi connectivity index (χ1) is 18.4. The van der Waals surface area contributed by atoms with Crippen molar-refractivity contribution in [2.24, 2.45) is 5.92 Å². The van der Waals surface area contributed by atoms with Crippen LogP contribution in [0.4, 0.5) is 17.2 Å². The quantitative estimate of drug-likeness (QED) is 0.193. The number of aromatic nitrogens is 3. The van der Waals surface area contributed by atoms with E-state index in [1.54, 1.807) is 30.5 Å². The van der Waals surface area contributed by atoms with Gasteiger partial charge in [-0.05, 0) is 63.2 Å². The number of fused-ring (bicyclic) bond motifs is 1. The van der Waals surface area contributed by atoms with Crippen molar-refractivity contribution in [1.29, 1.82) is 0 Å². The van der Waals surface area contributed by atoms with Crippen LogP contribution in [-0.4, -0.2) is 51.5 Å². The highest BCUT2D eigenvalue weighted by atomic mass is 35.5. The molecule has 0 radical (unpaired) electrons. The zero-order chi connectivity index (χ0) is 26.6. The third kappa shape index (κ3) is 5.92. The lowest BCUT2D eigenvalue weighted by atomic mass is 10.2. The fraction of sp³-hybridized carbons (Fsp3) is 0.296. The number of nitro groups is 1. The highest BCUT2D eigenvalue weighted by Crippen LogP contribution is 2.39. The number of pyridine rings is 1. The maximum absolute atomic E-state index is 11.9. The van der Waals surface area contributed by atoms with Gasteiger partial charge in [0.25, 0.3) is 0 Å². The molecule has 2 heterocycles. The van der Waals surface area contributed by atoms with E-state index in [0.29, 0.717) is 51.7 Å². The first-order valence-electron chi connectivity index (χ1n) is 12.2. The summed E-state index contributed by atoms with van der Waals surface area (Å²) in [5.74, 6) is 1.68. The van der Waals surface area contributed by atoms with Crippen LogP contribution in [0.2, 0.25) is 5.02 Å². The van der Waals surface area contributed by atoms with Gasteiger partial charge in [-0.1, -0.05) is 17.7 Å². The molecule has 1 fully saturated rings. The van der Waals surface area contributed by atoms with Crippen LogP contribution in [0.15, 0.2) is 61.1 Å². The molecule has 1 N–H and O–H groups in total. The van der Waals surface area contributed by atoms with Crippen LogP contribution < -0.4 is 14.8 Å². The van der Waals surface area contributed by atoms with Gasteiger partial charge in [0.2, 0.25) is 0 Å². The second kappa shape index (κ2) is 11.2. The van der Waals surface area contributed by atoms with E-state index in [9.17, 15) is 10.1 Å². The Morgan fingerprint density at radius 2 is 1.97 bits per heavy atom. The predicted molar refractivity (Wildman–Crippen MR) is 145 cm³/mol. The second-order valence-corrected chi connectivity index (χ2v) is 9.77. The van der Waals surface area contributed by atoms with E-state index < -0.39 is 4.92 Å². The highest BCUT2D eigenvalue weighted by molar-refractivity contribution is 6.32. The molecule has 5 rings (SSSR count). The van der Waals surface area contributed by atoms with E-state index in [-0.39, 0.29) is 18.0 Å². The van der Waals surface area contributed by atoms with Gasteiger partial charge in [-0.15, -0.1) is 0 Å². The topological polar surface area (TPSA) is 116 Å². The summed E-state index contributed by atoms with van der Waals surface area (Å²) in [5.41, 5.74) is 1.82. The molecule has 2 aromatic heterocycles. The number of halogens is 1. The van der Waals surface area contributed by atoms with Gasteiger partial charge in [-0.25, -0.2) is 9.97 Å². The SMILES string of the molecule is CN(C)C1CC1CCOc1cc2ncnc(Nc3ccc(OCc4ccccn4)c(Cl)c3)c2cc1[N+](=O)[O-]. The fourth-order valence-electron chi connectivity index (χ4n) is 4.39. The number of ether oxygens (including phenoxy) is 2. The summed E-state index contributed by atoms with van der Waals surface area (Å²) >= 11 is 6.44. The Kier molecular flexibility index (Phi) is 7.52. The van der Waals surface area contributed by atoms with Crippen LogP contribution in [0, 0.1) is 16.0 Å². The van der Waals surface area contributed by atoms with E-state index in [1.165, 1.54) is 12.4 Å². The van der Waals surface area contributed by atoms with Crippen LogP contribution in [0.1, 0.15) is 18.5 Å². The lowest BCUT2D eigenvalue weighted by molar-refractivity contribution is -0.385. The number of nitrogens with zero attached hydrogens (tertiary/aromatic N) is 5. The largest absolute Gasteiger partial charge is 0.487 e. The smallest absolute Gasteiger partial charge is 0.311 e. The molecule has 4 aromatic rings. The Labute approximate surface area is 224 Å². The molecule has 196 valence electrons. The molecular formula is C27H27ClN6O4. The molecule has 2 unspecified atom stereocenters.